The lowest BCUT2D eigenvalue weighted by molar-refractivity contribution is -0.137. The minimum Gasteiger partial charge on any atom is -0.340 e. The van der Waals surface area contributed by atoms with Gasteiger partial charge in [-0.05, 0) is 50.4 Å². The largest absolute Gasteiger partial charge is 0.416 e. The van der Waals surface area contributed by atoms with Crippen molar-refractivity contribution >= 4 is 0 Å². The highest BCUT2D eigenvalue weighted by Crippen LogP contribution is 2.29. The highest BCUT2D eigenvalue weighted by atomic mass is 19.4. The SMILES string of the molecule is Cc1nc(CN(C)CC2CCCN(CCc3cccc(C(F)(F)F)c3)C2)no1. The van der Waals surface area contributed by atoms with Crippen LogP contribution in [0.2, 0.25) is 0 Å². The summed E-state index contributed by atoms with van der Waals surface area (Å²) in [6, 6.07) is 5.66. The number of likely N-dealkylation sites (tertiary alicyclic amines) is 1. The molecule has 0 spiro atoms. The van der Waals surface area contributed by atoms with Crippen LogP contribution in [0.3, 0.4) is 0 Å². The molecule has 3 rings (SSSR count). The van der Waals surface area contributed by atoms with Crippen LogP contribution in [0.5, 0.6) is 0 Å². The lowest BCUT2D eigenvalue weighted by Crippen LogP contribution is -2.40. The lowest BCUT2D eigenvalue weighted by atomic mass is 9.97. The van der Waals surface area contributed by atoms with Gasteiger partial charge in [-0.25, -0.2) is 0 Å². The molecular formula is C20H27F3N4O. The molecule has 2 heterocycles. The van der Waals surface area contributed by atoms with E-state index in [0.717, 1.165) is 50.7 Å². The Kier molecular flexibility index (Phi) is 6.72. The molecule has 1 aromatic carbocycles. The third-order valence-corrected chi connectivity index (χ3v) is 5.12. The normalized spacial score (nSPS) is 18.7. The number of hydrogen-bond acceptors (Lipinski definition) is 5. The summed E-state index contributed by atoms with van der Waals surface area (Å²) in [5.41, 5.74) is 0.168. The molecule has 1 aliphatic rings. The molecule has 1 atom stereocenters. The molecule has 0 N–H and O–H groups in total. The Morgan fingerprint density at radius 3 is 2.86 bits per heavy atom. The van der Waals surface area contributed by atoms with Crippen molar-refractivity contribution < 1.29 is 17.7 Å². The zero-order chi connectivity index (χ0) is 20.1. The van der Waals surface area contributed by atoms with E-state index in [2.05, 4.69) is 19.9 Å². The highest BCUT2D eigenvalue weighted by Gasteiger charge is 2.30. The number of aryl methyl sites for hydroxylation is 1. The smallest absolute Gasteiger partial charge is 0.340 e. The van der Waals surface area contributed by atoms with Crippen LogP contribution in [-0.2, 0) is 19.1 Å². The highest BCUT2D eigenvalue weighted by molar-refractivity contribution is 5.25. The number of nitrogens with zero attached hydrogens (tertiary/aromatic N) is 4. The van der Waals surface area contributed by atoms with Crippen LogP contribution in [0, 0.1) is 12.8 Å². The van der Waals surface area contributed by atoms with Gasteiger partial charge in [-0.15, -0.1) is 0 Å². The van der Waals surface area contributed by atoms with Crippen LogP contribution in [-0.4, -0.2) is 53.2 Å². The quantitative estimate of drug-likeness (QED) is 0.713. The van der Waals surface area contributed by atoms with Crippen molar-refractivity contribution in [2.45, 2.75) is 38.9 Å². The Hall–Kier alpha value is -1.93. The average Bonchev–Trinajstić information content (AvgIpc) is 3.04. The van der Waals surface area contributed by atoms with Crippen LogP contribution >= 0.6 is 0 Å². The van der Waals surface area contributed by atoms with Crippen molar-refractivity contribution in [1.82, 2.24) is 19.9 Å². The van der Waals surface area contributed by atoms with Gasteiger partial charge in [0.05, 0.1) is 12.1 Å². The minimum absolute atomic E-state index is 0.535. The maximum atomic E-state index is 12.9. The van der Waals surface area contributed by atoms with E-state index in [1.54, 1.807) is 13.0 Å². The molecule has 2 aromatic rings. The molecule has 8 heteroatoms. The average molecular weight is 396 g/mol. The predicted octanol–water partition coefficient (Wildman–Crippen LogP) is 3.78. The number of hydrogen-bond donors (Lipinski definition) is 0. The summed E-state index contributed by atoms with van der Waals surface area (Å²) in [4.78, 5) is 8.80. The summed E-state index contributed by atoms with van der Waals surface area (Å²) in [6.07, 6.45) is -1.37. The topological polar surface area (TPSA) is 45.4 Å². The van der Waals surface area contributed by atoms with E-state index >= 15 is 0 Å². The Labute approximate surface area is 163 Å². The summed E-state index contributed by atoms with van der Waals surface area (Å²) in [5, 5.41) is 3.93. The molecule has 0 saturated carbocycles. The van der Waals surface area contributed by atoms with Crippen LogP contribution in [0.15, 0.2) is 28.8 Å². The predicted molar refractivity (Wildman–Crippen MR) is 99.7 cm³/mol. The van der Waals surface area contributed by atoms with Gasteiger partial charge in [0.25, 0.3) is 0 Å². The van der Waals surface area contributed by atoms with E-state index in [-0.39, 0.29) is 0 Å². The molecule has 1 aromatic heterocycles. The zero-order valence-corrected chi connectivity index (χ0v) is 16.4. The number of halogens is 3. The molecule has 1 saturated heterocycles. The van der Waals surface area contributed by atoms with Gasteiger partial charge in [-0.2, -0.15) is 18.2 Å². The molecular weight excluding hydrogens is 369 g/mol. The van der Waals surface area contributed by atoms with Gasteiger partial charge in [-0.3, -0.25) is 4.90 Å². The lowest BCUT2D eigenvalue weighted by Gasteiger charge is -2.34. The summed E-state index contributed by atoms with van der Waals surface area (Å²) >= 11 is 0. The monoisotopic (exact) mass is 396 g/mol. The van der Waals surface area contributed by atoms with Crippen LogP contribution in [0.4, 0.5) is 13.2 Å². The zero-order valence-electron chi connectivity index (χ0n) is 16.4. The third-order valence-electron chi connectivity index (χ3n) is 5.12. The van der Waals surface area contributed by atoms with Crippen LogP contribution in [0.1, 0.15) is 35.7 Å². The van der Waals surface area contributed by atoms with E-state index in [1.807, 2.05) is 7.05 Å². The second-order valence-electron chi connectivity index (χ2n) is 7.68. The van der Waals surface area contributed by atoms with Crippen molar-refractivity contribution in [1.29, 1.82) is 0 Å². The van der Waals surface area contributed by atoms with E-state index < -0.39 is 11.7 Å². The number of aromatic nitrogens is 2. The maximum absolute atomic E-state index is 12.9. The fourth-order valence-corrected chi connectivity index (χ4v) is 3.85. The minimum atomic E-state index is -4.28. The summed E-state index contributed by atoms with van der Waals surface area (Å²) < 4.78 is 43.6. The van der Waals surface area contributed by atoms with Gasteiger partial charge in [0.2, 0.25) is 5.89 Å². The Morgan fingerprint density at radius 1 is 1.32 bits per heavy atom. The van der Waals surface area contributed by atoms with E-state index in [4.69, 9.17) is 4.52 Å². The van der Waals surface area contributed by atoms with Gasteiger partial charge in [0.1, 0.15) is 0 Å². The molecule has 0 bridgehead atoms. The van der Waals surface area contributed by atoms with E-state index in [9.17, 15) is 13.2 Å². The van der Waals surface area contributed by atoms with Gasteiger partial charge in [0, 0.05) is 26.6 Å². The van der Waals surface area contributed by atoms with Crippen LogP contribution in [0.25, 0.3) is 0 Å². The third kappa shape index (κ3) is 6.04. The first-order chi connectivity index (χ1) is 13.3. The maximum Gasteiger partial charge on any atom is 0.416 e. The molecule has 5 nitrogen and oxygen atoms in total. The van der Waals surface area contributed by atoms with Crippen molar-refractivity contribution in [3.63, 3.8) is 0 Å². The Bertz CT molecular complexity index is 762. The summed E-state index contributed by atoms with van der Waals surface area (Å²) in [7, 11) is 2.05. The standard InChI is InChI=1S/C20H27F3N4O/c1-15-24-19(25-28-15)14-26(2)12-17-6-4-9-27(13-17)10-8-16-5-3-7-18(11-16)20(21,22)23/h3,5,7,11,17H,4,6,8-10,12-14H2,1-2H3. The number of piperidine rings is 1. The summed E-state index contributed by atoms with van der Waals surface area (Å²) in [5.74, 6) is 1.80. The first kappa shape index (κ1) is 20.8. The second kappa shape index (κ2) is 9.05. The molecule has 0 amide bonds. The van der Waals surface area contributed by atoms with Gasteiger partial charge in [-0.1, -0.05) is 23.4 Å². The number of benzene rings is 1. The molecule has 1 aliphatic heterocycles. The number of alkyl halides is 3. The molecule has 1 fully saturated rings. The van der Waals surface area contributed by atoms with Crippen molar-refractivity contribution in [2.75, 3.05) is 33.2 Å². The number of rotatable bonds is 7. The Balaban J connectivity index is 1.47. The fraction of sp³-hybridized carbons (Fsp3) is 0.600. The van der Waals surface area contributed by atoms with Gasteiger partial charge < -0.3 is 9.42 Å². The van der Waals surface area contributed by atoms with E-state index in [0.29, 0.717) is 30.6 Å². The molecule has 154 valence electrons. The van der Waals surface area contributed by atoms with Crippen molar-refractivity contribution in [2.24, 2.45) is 5.92 Å². The van der Waals surface area contributed by atoms with Gasteiger partial charge >= 0.3 is 6.18 Å². The van der Waals surface area contributed by atoms with Crippen LogP contribution < -0.4 is 0 Å². The van der Waals surface area contributed by atoms with E-state index in [1.165, 1.54) is 12.1 Å². The molecule has 1 unspecified atom stereocenters. The fourth-order valence-electron chi connectivity index (χ4n) is 3.85. The van der Waals surface area contributed by atoms with Crippen molar-refractivity contribution in [3.05, 3.63) is 47.1 Å². The first-order valence-corrected chi connectivity index (χ1v) is 9.66. The molecule has 0 aliphatic carbocycles. The Morgan fingerprint density at radius 2 is 2.14 bits per heavy atom. The van der Waals surface area contributed by atoms with Crippen molar-refractivity contribution in [3.8, 4) is 0 Å². The summed E-state index contributed by atoms with van der Waals surface area (Å²) in [6.45, 7) is 6.12. The first-order valence-electron chi connectivity index (χ1n) is 9.66. The second-order valence-corrected chi connectivity index (χ2v) is 7.68. The molecule has 0 radical (unpaired) electrons. The van der Waals surface area contributed by atoms with Gasteiger partial charge in [0.15, 0.2) is 5.82 Å². The molecule has 28 heavy (non-hydrogen) atoms.